The summed E-state index contributed by atoms with van der Waals surface area (Å²) < 4.78 is 33.3. The maximum atomic E-state index is 12.1. The van der Waals surface area contributed by atoms with Crippen LogP contribution in [0.15, 0.2) is 47.4 Å². The number of carbonyl (C=O) groups excluding carboxylic acids is 1. The molecule has 2 aromatic rings. The van der Waals surface area contributed by atoms with Crippen LogP contribution >= 0.6 is 11.6 Å². The topological polar surface area (TPSA) is 69.7 Å². The summed E-state index contributed by atoms with van der Waals surface area (Å²) in [5.41, 5.74) is 0.789. The van der Waals surface area contributed by atoms with Gasteiger partial charge >= 0.3 is 5.97 Å². The van der Waals surface area contributed by atoms with Gasteiger partial charge in [-0.25, -0.2) is 13.2 Å². The molecule has 0 unspecified atom stereocenters. The second-order valence-corrected chi connectivity index (χ2v) is 7.26. The Balaban J connectivity index is 2.14. The number of rotatable bonds is 5. The van der Waals surface area contributed by atoms with Crippen LogP contribution in [0, 0.1) is 0 Å². The Labute approximate surface area is 139 Å². The smallest absolute Gasteiger partial charge is 0.340 e. The minimum Gasteiger partial charge on any atom is -0.497 e. The van der Waals surface area contributed by atoms with Crippen LogP contribution in [0.25, 0.3) is 0 Å². The van der Waals surface area contributed by atoms with Crippen molar-refractivity contribution >= 4 is 27.4 Å². The molecule has 2 rings (SSSR count). The predicted octanol–water partition coefficient (Wildman–Crippen LogP) is 3.11. The van der Waals surface area contributed by atoms with Gasteiger partial charge in [-0.15, -0.1) is 0 Å². The van der Waals surface area contributed by atoms with Crippen molar-refractivity contribution in [3.63, 3.8) is 0 Å². The van der Waals surface area contributed by atoms with Gasteiger partial charge in [0.05, 0.1) is 22.6 Å². The first-order chi connectivity index (χ1) is 10.8. The summed E-state index contributed by atoms with van der Waals surface area (Å²) in [6, 6.07) is 11.0. The van der Waals surface area contributed by atoms with Crippen molar-refractivity contribution in [3.05, 3.63) is 58.6 Å². The van der Waals surface area contributed by atoms with E-state index in [1.54, 1.807) is 31.4 Å². The first-order valence-electron chi connectivity index (χ1n) is 6.61. The van der Waals surface area contributed by atoms with E-state index in [1.807, 2.05) is 0 Å². The highest BCUT2D eigenvalue weighted by molar-refractivity contribution is 7.90. The normalized spacial score (nSPS) is 11.1. The van der Waals surface area contributed by atoms with Crippen LogP contribution in [0.4, 0.5) is 0 Å². The molecule has 7 heteroatoms. The third-order valence-electron chi connectivity index (χ3n) is 3.11. The molecule has 0 fully saturated rings. The molecule has 0 aromatic heterocycles. The van der Waals surface area contributed by atoms with Gasteiger partial charge in [0, 0.05) is 6.26 Å². The molecular formula is C16H15ClO5S. The second kappa shape index (κ2) is 7.02. The van der Waals surface area contributed by atoms with Crippen LogP contribution < -0.4 is 4.74 Å². The Morgan fingerprint density at radius 2 is 1.78 bits per heavy atom. The number of hydrogen-bond acceptors (Lipinski definition) is 5. The molecule has 0 bridgehead atoms. The molecule has 0 saturated carbocycles. The van der Waals surface area contributed by atoms with Gasteiger partial charge in [-0.3, -0.25) is 0 Å². The van der Waals surface area contributed by atoms with Crippen molar-refractivity contribution < 1.29 is 22.7 Å². The lowest BCUT2D eigenvalue weighted by molar-refractivity contribution is 0.0472. The molecule has 0 amide bonds. The third-order valence-corrected chi connectivity index (χ3v) is 4.55. The van der Waals surface area contributed by atoms with Crippen molar-refractivity contribution in [1.29, 1.82) is 0 Å². The number of methoxy groups -OCH3 is 1. The fourth-order valence-corrected chi connectivity index (χ4v) is 2.68. The van der Waals surface area contributed by atoms with Crippen LogP contribution in [0.3, 0.4) is 0 Å². The van der Waals surface area contributed by atoms with E-state index in [0.29, 0.717) is 5.75 Å². The minimum absolute atomic E-state index is 0.0123. The lowest BCUT2D eigenvalue weighted by Gasteiger charge is -2.08. The van der Waals surface area contributed by atoms with E-state index >= 15 is 0 Å². The van der Waals surface area contributed by atoms with E-state index in [1.165, 1.54) is 18.2 Å². The number of esters is 1. The van der Waals surface area contributed by atoms with Crippen molar-refractivity contribution in [2.75, 3.05) is 13.4 Å². The fourth-order valence-electron chi connectivity index (χ4n) is 1.84. The number of ether oxygens (including phenoxy) is 2. The number of benzene rings is 2. The minimum atomic E-state index is -3.43. The highest BCUT2D eigenvalue weighted by Gasteiger charge is 2.16. The fraction of sp³-hybridized carbons (Fsp3) is 0.188. The lowest BCUT2D eigenvalue weighted by atomic mass is 10.2. The highest BCUT2D eigenvalue weighted by atomic mass is 35.5. The number of hydrogen-bond donors (Lipinski definition) is 0. The zero-order chi connectivity index (χ0) is 17.0. The average Bonchev–Trinajstić information content (AvgIpc) is 2.52. The van der Waals surface area contributed by atoms with E-state index in [4.69, 9.17) is 21.1 Å². The molecule has 0 heterocycles. The molecule has 0 aliphatic heterocycles. The Bertz CT molecular complexity index is 813. The molecule has 0 radical (unpaired) electrons. The Kier molecular flexibility index (Phi) is 5.28. The predicted molar refractivity (Wildman–Crippen MR) is 86.7 cm³/mol. The molecule has 2 aromatic carbocycles. The van der Waals surface area contributed by atoms with Crippen molar-refractivity contribution in [3.8, 4) is 5.75 Å². The average molecular weight is 355 g/mol. The summed E-state index contributed by atoms with van der Waals surface area (Å²) >= 11 is 5.95. The van der Waals surface area contributed by atoms with Crippen molar-refractivity contribution in [1.82, 2.24) is 0 Å². The standard InChI is InChI=1S/C16H15ClO5S/c1-21-12-5-3-11(4-6-12)10-22-16(18)14-9-13(23(2,19)20)7-8-15(14)17/h3-9H,10H2,1-2H3. The molecule has 0 aliphatic rings. The molecular weight excluding hydrogens is 340 g/mol. The molecule has 0 spiro atoms. The summed E-state index contributed by atoms with van der Waals surface area (Å²) in [5.74, 6) is 0.0142. The third kappa shape index (κ3) is 4.46. The summed E-state index contributed by atoms with van der Waals surface area (Å²) in [5, 5.41) is 0.136. The van der Waals surface area contributed by atoms with Crippen LogP contribution in [0.2, 0.25) is 5.02 Å². The lowest BCUT2D eigenvalue weighted by Crippen LogP contribution is -2.08. The van der Waals surface area contributed by atoms with E-state index < -0.39 is 15.8 Å². The van der Waals surface area contributed by atoms with Crippen LogP contribution in [0.5, 0.6) is 5.75 Å². The molecule has 0 atom stereocenters. The zero-order valence-electron chi connectivity index (χ0n) is 12.6. The van der Waals surface area contributed by atoms with Crippen LogP contribution in [0.1, 0.15) is 15.9 Å². The van der Waals surface area contributed by atoms with Gasteiger partial charge in [0.1, 0.15) is 12.4 Å². The SMILES string of the molecule is COc1ccc(COC(=O)c2cc(S(C)(=O)=O)ccc2Cl)cc1. The largest absolute Gasteiger partial charge is 0.497 e. The van der Waals surface area contributed by atoms with E-state index in [2.05, 4.69) is 0 Å². The molecule has 122 valence electrons. The van der Waals surface area contributed by atoms with Gasteiger partial charge in [0.15, 0.2) is 9.84 Å². The summed E-state index contributed by atoms with van der Waals surface area (Å²) in [7, 11) is -1.87. The van der Waals surface area contributed by atoms with Crippen LogP contribution in [-0.4, -0.2) is 27.8 Å². The van der Waals surface area contributed by atoms with Crippen molar-refractivity contribution in [2.45, 2.75) is 11.5 Å². The first-order valence-corrected chi connectivity index (χ1v) is 8.88. The monoisotopic (exact) mass is 354 g/mol. The Hall–Kier alpha value is -2.05. The quantitative estimate of drug-likeness (QED) is 0.771. The van der Waals surface area contributed by atoms with Gasteiger partial charge in [-0.1, -0.05) is 23.7 Å². The van der Waals surface area contributed by atoms with E-state index in [0.717, 1.165) is 11.8 Å². The van der Waals surface area contributed by atoms with E-state index in [9.17, 15) is 13.2 Å². The van der Waals surface area contributed by atoms with Gasteiger partial charge < -0.3 is 9.47 Å². The summed E-state index contributed by atoms with van der Waals surface area (Å²) in [6.45, 7) is 0.0439. The number of halogens is 1. The molecule has 0 N–H and O–H groups in total. The van der Waals surface area contributed by atoms with Crippen molar-refractivity contribution in [2.24, 2.45) is 0 Å². The maximum absolute atomic E-state index is 12.1. The molecule has 0 saturated heterocycles. The van der Waals surface area contributed by atoms with Gasteiger partial charge in [0.25, 0.3) is 0 Å². The van der Waals surface area contributed by atoms with Gasteiger partial charge in [-0.05, 0) is 35.9 Å². The Morgan fingerprint density at radius 1 is 1.13 bits per heavy atom. The van der Waals surface area contributed by atoms with Gasteiger partial charge in [0.2, 0.25) is 0 Å². The van der Waals surface area contributed by atoms with E-state index in [-0.39, 0.29) is 22.1 Å². The zero-order valence-corrected chi connectivity index (χ0v) is 14.1. The first kappa shape index (κ1) is 17.3. The Morgan fingerprint density at radius 3 is 2.35 bits per heavy atom. The molecule has 23 heavy (non-hydrogen) atoms. The highest BCUT2D eigenvalue weighted by Crippen LogP contribution is 2.22. The second-order valence-electron chi connectivity index (χ2n) is 4.84. The molecule has 5 nitrogen and oxygen atoms in total. The maximum Gasteiger partial charge on any atom is 0.340 e. The number of sulfone groups is 1. The summed E-state index contributed by atoms with van der Waals surface area (Å²) in [4.78, 5) is 12.1. The molecule has 0 aliphatic carbocycles. The summed E-state index contributed by atoms with van der Waals surface area (Å²) in [6.07, 6.45) is 1.06. The number of carbonyl (C=O) groups is 1. The van der Waals surface area contributed by atoms with Crippen LogP contribution in [-0.2, 0) is 21.2 Å². The van der Waals surface area contributed by atoms with Gasteiger partial charge in [-0.2, -0.15) is 0 Å².